The largest absolute Gasteiger partial charge is 0.359 e. The summed E-state index contributed by atoms with van der Waals surface area (Å²) in [6, 6.07) is 8.73. The summed E-state index contributed by atoms with van der Waals surface area (Å²) in [5.41, 5.74) is 3.03. The molecular weight excluding hydrogens is 248 g/mol. The number of H-pyrrole nitrogens is 1. The number of carbonyl (C=O) groups is 1. The predicted octanol–water partition coefficient (Wildman–Crippen LogP) is 3.88. The fourth-order valence-electron chi connectivity index (χ4n) is 3.38. The molecule has 3 nitrogen and oxygen atoms in total. The molecule has 1 amide bonds. The van der Waals surface area contributed by atoms with E-state index in [1.165, 1.54) is 6.42 Å². The number of carbonyl (C=O) groups excluding carboxylic acids is 1. The first-order chi connectivity index (χ1) is 9.56. The van der Waals surface area contributed by atoms with E-state index in [0.29, 0.717) is 12.1 Å². The number of hydrogen-bond donors (Lipinski definition) is 1. The Morgan fingerprint density at radius 3 is 2.60 bits per heavy atom. The number of likely N-dealkylation sites (tertiary alicyclic amines) is 1. The van der Waals surface area contributed by atoms with Gasteiger partial charge in [-0.25, -0.2) is 0 Å². The van der Waals surface area contributed by atoms with Gasteiger partial charge < -0.3 is 9.88 Å². The third-order valence-corrected chi connectivity index (χ3v) is 4.43. The molecule has 0 saturated carbocycles. The smallest absolute Gasteiger partial charge is 0.254 e. The zero-order chi connectivity index (χ0) is 14.3. The van der Waals surface area contributed by atoms with Gasteiger partial charge in [-0.1, -0.05) is 0 Å². The van der Waals surface area contributed by atoms with E-state index in [2.05, 4.69) is 29.8 Å². The highest BCUT2D eigenvalue weighted by Gasteiger charge is 2.29. The first-order valence-corrected chi connectivity index (χ1v) is 7.48. The van der Waals surface area contributed by atoms with Crippen molar-refractivity contribution in [1.82, 2.24) is 9.88 Å². The van der Waals surface area contributed by atoms with Crippen molar-refractivity contribution < 1.29 is 4.79 Å². The first-order valence-electron chi connectivity index (χ1n) is 7.48. The van der Waals surface area contributed by atoms with Crippen LogP contribution in [0, 0.1) is 6.92 Å². The minimum absolute atomic E-state index is 0.172. The second-order valence-electron chi connectivity index (χ2n) is 6.10. The number of rotatable bonds is 1. The number of hydrogen-bond acceptors (Lipinski definition) is 1. The molecule has 3 rings (SSSR count). The molecule has 0 aliphatic carbocycles. The monoisotopic (exact) mass is 270 g/mol. The molecular formula is C17H22N2O. The van der Waals surface area contributed by atoms with Crippen LogP contribution in [0.15, 0.2) is 24.3 Å². The van der Waals surface area contributed by atoms with Crippen molar-refractivity contribution >= 4 is 16.8 Å². The number of aryl methyl sites for hydroxylation is 1. The number of aromatic amines is 1. The first kappa shape index (κ1) is 13.2. The fourth-order valence-corrected chi connectivity index (χ4v) is 3.38. The van der Waals surface area contributed by atoms with Crippen LogP contribution in [-0.2, 0) is 0 Å². The zero-order valence-corrected chi connectivity index (χ0v) is 12.4. The molecule has 0 bridgehead atoms. The lowest BCUT2D eigenvalue weighted by atomic mass is 9.96. The van der Waals surface area contributed by atoms with Crippen LogP contribution < -0.4 is 0 Å². The van der Waals surface area contributed by atoms with Crippen molar-refractivity contribution in [3.8, 4) is 0 Å². The van der Waals surface area contributed by atoms with Crippen molar-refractivity contribution in [2.45, 2.75) is 52.1 Å². The molecule has 1 aromatic carbocycles. The van der Waals surface area contributed by atoms with E-state index < -0.39 is 0 Å². The van der Waals surface area contributed by atoms with Crippen LogP contribution in [0.4, 0.5) is 0 Å². The van der Waals surface area contributed by atoms with Crippen LogP contribution in [-0.4, -0.2) is 27.9 Å². The molecule has 1 aliphatic heterocycles. The van der Waals surface area contributed by atoms with Gasteiger partial charge in [0.2, 0.25) is 0 Å². The van der Waals surface area contributed by atoms with Crippen molar-refractivity contribution in [2.75, 3.05) is 0 Å². The van der Waals surface area contributed by atoms with E-state index in [-0.39, 0.29) is 5.91 Å². The van der Waals surface area contributed by atoms with Crippen LogP contribution in [0.25, 0.3) is 10.9 Å². The third kappa shape index (κ3) is 2.21. The molecule has 0 radical (unpaired) electrons. The average Bonchev–Trinajstić information content (AvgIpc) is 2.77. The molecule has 2 aromatic rings. The van der Waals surface area contributed by atoms with Gasteiger partial charge in [0.25, 0.3) is 5.91 Å². The Bertz CT molecular complexity index is 633. The molecule has 2 atom stereocenters. The standard InChI is InChI=1S/C17H22N2O/c1-11-9-15-10-14(7-8-16(15)18-11)17(20)19-12(2)5-4-6-13(19)3/h7-10,12-13,18H,4-6H2,1-3H3. The van der Waals surface area contributed by atoms with E-state index >= 15 is 0 Å². The Morgan fingerprint density at radius 2 is 1.90 bits per heavy atom. The van der Waals surface area contributed by atoms with Crippen LogP contribution in [0.2, 0.25) is 0 Å². The minimum Gasteiger partial charge on any atom is -0.359 e. The number of nitrogens with zero attached hydrogens (tertiary/aromatic N) is 1. The van der Waals surface area contributed by atoms with E-state index in [1.54, 1.807) is 0 Å². The minimum atomic E-state index is 0.172. The summed E-state index contributed by atoms with van der Waals surface area (Å²) in [7, 11) is 0. The summed E-state index contributed by atoms with van der Waals surface area (Å²) in [5, 5.41) is 1.12. The van der Waals surface area contributed by atoms with E-state index in [9.17, 15) is 4.79 Å². The van der Waals surface area contributed by atoms with Gasteiger partial charge in [0.05, 0.1) is 0 Å². The molecule has 0 spiro atoms. The second-order valence-corrected chi connectivity index (χ2v) is 6.10. The normalized spacial score (nSPS) is 23.2. The third-order valence-electron chi connectivity index (χ3n) is 4.43. The Hall–Kier alpha value is -1.77. The second kappa shape index (κ2) is 4.97. The summed E-state index contributed by atoms with van der Waals surface area (Å²) >= 11 is 0. The highest BCUT2D eigenvalue weighted by Crippen LogP contribution is 2.26. The number of benzene rings is 1. The average molecular weight is 270 g/mol. The molecule has 2 unspecified atom stereocenters. The highest BCUT2D eigenvalue weighted by molar-refractivity contribution is 5.98. The molecule has 20 heavy (non-hydrogen) atoms. The summed E-state index contributed by atoms with van der Waals surface area (Å²) in [6.07, 6.45) is 3.45. The van der Waals surface area contributed by atoms with Crippen molar-refractivity contribution in [1.29, 1.82) is 0 Å². The maximum atomic E-state index is 12.8. The lowest BCUT2D eigenvalue weighted by molar-refractivity contribution is 0.0511. The zero-order valence-electron chi connectivity index (χ0n) is 12.4. The molecule has 3 heteroatoms. The lowest BCUT2D eigenvalue weighted by Crippen LogP contribution is -2.47. The summed E-state index contributed by atoms with van der Waals surface area (Å²) in [5.74, 6) is 0.172. The quantitative estimate of drug-likeness (QED) is 0.838. The number of nitrogens with one attached hydrogen (secondary N) is 1. The van der Waals surface area contributed by atoms with Crippen LogP contribution in [0.1, 0.15) is 49.2 Å². The number of amides is 1. The van der Waals surface area contributed by atoms with E-state index in [1.807, 2.05) is 25.1 Å². The number of aromatic nitrogens is 1. The summed E-state index contributed by atoms with van der Waals surface area (Å²) < 4.78 is 0. The SMILES string of the molecule is Cc1cc2cc(C(=O)N3C(C)CCCC3C)ccc2[nH]1. The number of piperidine rings is 1. The van der Waals surface area contributed by atoms with E-state index in [4.69, 9.17) is 0 Å². The predicted molar refractivity (Wildman–Crippen MR) is 82.0 cm³/mol. The molecule has 2 heterocycles. The van der Waals surface area contributed by atoms with Gasteiger partial charge in [0.15, 0.2) is 0 Å². The molecule has 1 aliphatic rings. The van der Waals surface area contributed by atoms with Crippen molar-refractivity contribution in [3.05, 3.63) is 35.5 Å². The fraction of sp³-hybridized carbons (Fsp3) is 0.471. The van der Waals surface area contributed by atoms with Gasteiger partial charge in [-0.05, 0) is 64.3 Å². The molecule has 1 fully saturated rings. The van der Waals surface area contributed by atoms with Crippen molar-refractivity contribution in [3.63, 3.8) is 0 Å². The van der Waals surface area contributed by atoms with Crippen molar-refractivity contribution in [2.24, 2.45) is 0 Å². The Morgan fingerprint density at radius 1 is 1.20 bits per heavy atom. The summed E-state index contributed by atoms with van der Waals surface area (Å²) in [6.45, 7) is 6.36. The van der Waals surface area contributed by atoms with Gasteiger partial charge in [-0.2, -0.15) is 0 Å². The van der Waals surface area contributed by atoms with Crippen LogP contribution in [0.3, 0.4) is 0 Å². The molecule has 1 N–H and O–H groups in total. The topological polar surface area (TPSA) is 36.1 Å². The van der Waals surface area contributed by atoms with Gasteiger partial charge in [-0.3, -0.25) is 4.79 Å². The Balaban J connectivity index is 1.94. The van der Waals surface area contributed by atoms with Gasteiger partial charge >= 0.3 is 0 Å². The van der Waals surface area contributed by atoms with Gasteiger partial charge in [0.1, 0.15) is 0 Å². The molecule has 106 valence electrons. The molecule has 1 saturated heterocycles. The van der Waals surface area contributed by atoms with Gasteiger partial charge in [-0.15, -0.1) is 0 Å². The highest BCUT2D eigenvalue weighted by atomic mass is 16.2. The number of fused-ring (bicyclic) bond motifs is 1. The van der Waals surface area contributed by atoms with E-state index in [0.717, 1.165) is 35.0 Å². The Kier molecular flexibility index (Phi) is 3.28. The Labute approximate surface area is 120 Å². The maximum absolute atomic E-state index is 12.8. The van der Waals surface area contributed by atoms with Crippen LogP contribution >= 0.6 is 0 Å². The maximum Gasteiger partial charge on any atom is 0.254 e. The van der Waals surface area contributed by atoms with Gasteiger partial charge in [0, 0.05) is 34.2 Å². The van der Waals surface area contributed by atoms with Crippen LogP contribution in [0.5, 0.6) is 0 Å². The lowest BCUT2D eigenvalue weighted by Gasteiger charge is -2.39. The molecule has 1 aromatic heterocycles. The summed E-state index contributed by atoms with van der Waals surface area (Å²) in [4.78, 5) is 18.1.